The van der Waals surface area contributed by atoms with E-state index in [0.29, 0.717) is 12.1 Å². The van der Waals surface area contributed by atoms with Crippen molar-refractivity contribution in [3.8, 4) is 0 Å². The predicted octanol–water partition coefficient (Wildman–Crippen LogP) is 2.41. The van der Waals surface area contributed by atoms with Gasteiger partial charge in [-0.1, -0.05) is 0 Å². The molecule has 23 heavy (non-hydrogen) atoms. The third-order valence-corrected chi connectivity index (χ3v) is 4.86. The molecule has 0 N–H and O–H groups in total. The first-order valence-corrected chi connectivity index (χ1v) is 8.77. The minimum Gasteiger partial charge on any atom is -0.311 e. The van der Waals surface area contributed by atoms with Gasteiger partial charge in [0.1, 0.15) is 11.3 Å². The number of hydrogen-bond acceptors (Lipinski definition) is 4. The first-order chi connectivity index (χ1) is 11.1. The SMILES string of the molecule is CC(C)N1CCCC1Cc1nc2cccnc2n1CCN(C)C. The molecule has 0 saturated carbocycles. The highest BCUT2D eigenvalue weighted by Crippen LogP contribution is 2.24. The maximum atomic E-state index is 4.90. The number of rotatable bonds is 6. The zero-order valence-corrected chi connectivity index (χ0v) is 14.9. The lowest BCUT2D eigenvalue weighted by Crippen LogP contribution is -2.37. The van der Waals surface area contributed by atoms with E-state index in [2.05, 4.69) is 53.4 Å². The van der Waals surface area contributed by atoms with Gasteiger partial charge in [-0.2, -0.15) is 0 Å². The minimum atomic E-state index is 0.611. The average molecular weight is 315 g/mol. The Morgan fingerprint density at radius 1 is 1.35 bits per heavy atom. The van der Waals surface area contributed by atoms with Crippen LogP contribution in [0.25, 0.3) is 11.2 Å². The molecule has 1 saturated heterocycles. The van der Waals surface area contributed by atoms with E-state index in [9.17, 15) is 0 Å². The Kier molecular flexibility index (Phi) is 4.97. The molecule has 1 atom stereocenters. The Hall–Kier alpha value is -1.46. The summed E-state index contributed by atoms with van der Waals surface area (Å²) >= 11 is 0. The highest BCUT2D eigenvalue weighted by atomic mass is 15.2. The van der Waals surface area contributed by atoms with Crippen molar-refractivity contribution in [3.05, 3.63) is 24.2 Å². The molecule has 126 valence electrons. The smallest absolute Gasteiger partial charge is 0.160 e. The Bertz CT molecular complexity index is 646. The molecule has 0 spiro atoms. The van der Waals surface area contributed by atoms with Crippen molar-refractivity contribution in [2.75, 3.05) is 27.2 Å². The lowest BCUT2D eigenvalue weighted by Gasteiger charge is -2.28. The van der Waals surface area contributed by atoms with Crippen LogP contribution < -0.4 is 0 Å². The van der Waals surface area contributed by atoms with Crippen LogP contribution in [-0.4, -0.2) is 63.6 Å². The Morgan fingerprint density at radius 3 is 2.91 bits per heavy atom. The second kappa shape index (κ2) is 6.97. The average Bonchev–Trinajstić information content (AvgIpc) is 3.09. The summed E-state index contributed by atoms with van der Waals surface area (Å²) in [7, 11) is 4.23. The molecule has 0 aromatic carbocycles. The van der Waals surface area contributed by atoms with Crippen LogP contribution in [0.5, 0.6) is 0 Å². The highest BCUT2D eigenvalue weighted by molar-refractivity contribution is 5.71. The zero-order chi connectivity index (χ0) is 16.4. The normalized spacial score (nSPS) is 19.5. The fourth-order valence-electron chi connectivity index (χ4n) is 3.66. The van der Waals surface area contributed by atoms with Crippen molar-refractivity contribution in [1.82, 2.24) is 24.3 Å². The third-order valence-electron chi connectivity index (χ3n) is 4.86. The quantitative estimate of drug-likeness (QED) is 0.820. The van der Waals surface area contributed by atoms with Crippen molar-refractivity contribution in [2.24, 2.45) is 0 Å². The number of likely N-dealkylation sites (N-methyl/N-ethyl adjacent to an activating group) is 1. The van der Waals surface area contributed by atoms with E-state index < -0.39 is 0 Å². The number of hydrogen-bond donors (Lipinski definition) is 0. The summed E-state index contributed by atoms with van der Waals surface area (Å²) in [5.74, 6) is 1.19. The molecule has 2 aromatic rings. The highest BCUT2D eigenvalue weighted by Gasteiger charge is 2.28. The van der Waals surface area contributed by atoms with Gasteiger partial charge in [0, 0.05) is 37.8 Å². The monoisotopic (exact) mass is 315 g/mol. The summed E-state index contributed by atoms with van der Waals surface area (Å²) < 4.78 is 2.33. The molecule has 1 aliphatic heterocycles. The van der Waals surface area contributed by atoms with Gasteiger partial charge in [-0.3, -0.25) is 4.90 Å². The molecule has 1 aliphatic rings. The van der Waals surface area contributed by atoms with Crippen molar-refractivity contribution in [2.45, 2.75) is 51.7 Å². The molecular weight excluding hydrogens is 286 g/mol. The first kappa shape index (κ1) is 16.4. The van der Waals surface area contributed by atoms with Gasteiger partial charge in [0.15, 0.2) is 5.65 Å². The molecule has 5 heteroatoms. The number of fused-ring (bicyclic) bond motifs is 1. The summed E-state index contributed by atoms with van der Waals surface area (Å²) in [4.78, 5) is 14.3. The molecule has 1 fully saturated rings. The van der Waals surface area contributed by atoms with E-state index in [1.54, 1.807) is 0 Å². The Morgan fingerprint density at radius 2 is 2.17 bits per heavy atom. The fourth-order valence-corrected chi connectivity index (χ4v) is 3.66. The molecule has 0 aliphatic carbocycles. The molecule has 0 amide bonds. The van der Waals surface area contributed by atoms with Gasteiger partial charge in [0.05, 0.1) is 0 Å². The minimum absolute atomic E-state index is 0.611. The maximum Gasteiger partial charge on any atom is 0.160 e. The van der Waals surface area contributed by atoms with Gasteiger partial charge >= 0.3 is 0 Å². The van der Waals surface area contributed by atoms with Crippen LogP contribution >= 0.6 is 0 Å². The number of imidazole rings is 1. The fraction of sp³-hybridized carbons (Fsp3) is 0.667. The van der Waals surface area contributed by atoms with Crippen molar-refractivity contribution in [3.63, 3.8) is 0 Å². The van der Waals surface area contributed by atoms with E-state index in [1.807, 2.05) is 12.3 Å². The molecular formula is C18H29N5. The Balaban J connectivity index is 1.88. The maximum absolute atomic E-state index is 4.90. The number of aromatic nitrogens is 3. The van der Waals surface area contributed by atoms with Gasteiger partial charge in [-0.25, -0.2) is 9.97 Å². The van der Waals surface area contributed by atoms with Gasteiger partial charge in [0.2, 0.25) is 0 Å². The summed E-state index contributed by atoms with van der Waals surface area (Å²) in [5.41, 5.74) is 2.05. The number of likely N-dealkylation sites (tertiary alicyclic amines) is 1. The molecule has 0 radical (unpaired) electrons. The van der Waals surface area contributed by atoms with Crippen LogP contribution in [0.3, 0.4) is 0 Å². The van der Waals surface area contributed by atoms with Gasteiger partial charge < -0.3 is 9.47 Å². The van der Waals surface area contributed by atoms with Crippen molar-refractivity contribution in [1.29, 1.82) is 0 Å². The van der Waals surface area contributed by atoms with E-state index >= 15 is 0 Å². The molecule has 3 rings (SSSR count). The second-order valence-corrected chi connectivity index (χ2v) is 7.16. The van der Waals surface area contributed by atoms with Gasteiger partial charge in [-0.15, -0.1) is 0 Å². The van der Waals surface area contributed by atoms with E-state index in [4.69, 9.17) is 4.98 Å². The molecule has 5 nitrogen and oxygen atoms in total. The lowest BCUT2D eigenvalue weighted by molar-refractivity contribution is 0.200. The largest absolute Gasteiger partial charge is 0.311 e. The van der Waals surface area contributed by atoms with Gasteiger partial charge in [0.25, 0.3) is 0 Å². The summed E-state index contributed by atoms with van der Waals surface area (Å²) in [6, 6.07) is 5.28. The Labute approximate surface area is 139 Å². The molecule has 3 heterocycles. The van der Waals surface area contributed by atoms with E-state index in [-0.39, 0.29) is 0 Å². The van der Waals surface area contributed by atoms with Gasteiger partial charge in [-0.05, 0) is 59.5 Å². The van der Waals surface area contributed by atoms with E-state index in [0.717, 1.165) is 30.7 Å². The van der Waals surface area contributed by atoms with Crippen LogP contribution in [-0.2, 0) is 13.0 Å². The lowest BCUT2D eigenvalue weighted by atomic mass is 10.1. The number of pyridine rings is 1. The molecule has 1 unspecified atom stereocenters. The molecule has 0 bridgehead atoms. The van der Waals surface area contributed by atoms with Crippen LogP contribution in [0.2, 0.25) is 0 Å². The predicted molar refractivity (Wildman–Crippen MR) is 94.7 cm³/mol. The summed E-state index contributed by atoms with van der Waals surface area (Å²) in [6.45, 7) is 7.78. The van der Waals surface area contributed by atoms with Crippen LogP contribution in [0.15, 0.2) is 18.3 Å². The van der Waals surface area contributed by atoms with Crippen LogP contribution in [0, 0.1) is 0 Å². The standard InChI is InChI=1S/C18H29N5/c1-14(2)22-10-6-7-15(22)13-17-20-16-8-5-9-19-18(16)23(17)12-11-21(3)4/h5,8-9,14-15H,6-7,10-13H2,1-4H3. The zero-order valence-electron chi connectivity index (χ0n) is 14.9. The topological polar surface area (TPSA) is 37.2 Å². The van der Waals surface area contributed by atoms with Crippen molar-refractivity contribution >= 4 is 11.2 Å². The van der Waals surface area contributed by atoms with Crippen molar-refractivity contribution < 1.29 is 0 Å². The summed E-state index contributed by atoms with van der Waals surface area (Å²) in [5, 5.41) is 0. The summed E-state index contributed by atoms with van der Waals surface area (Å²) in [6.07, 6.45) is 5.49. The van der Waals surface area contributed by atoms with Crippen LogP contribution in [0.4, 0.5) is 0 Å². The third kappa shape index (κ3) is 3.56. The van der Waals surface area contributed by atoms with Crippen LogP contribution in [0.1, 0.15) is 32.5 Å². The molecule has 2 aromatic heterocycles. The van der Waals surface area contributed by atoms with E-state index in [1.165, 1.54) is 25.2 Å². The number of nitrogens with zero attached hydrogens (tertiary/aromatic N) is 5. The second-order valence-electron chi connectivity index (χ2n) is 7.16. The first-order valence-electron chi connectivity index (χ1n) is 8.77.